The summed E-state index contributed by atoms with van der Waals surface area (Å²) in [4.78, 5) is 24.6. The van der Waals surface area contributed by atoms with Crippen LogP contribution in [0.3, 0.4) is 0 Å². The van der Waals surface area contributed by atoms with Gasteiger partial charge in [0.1, 0.15) is 18.4 Å². The minimum atomic E-state index is -0.959. The zero-order valence-electron chi connectivity index (χ0n) is 20.5. The summed E-state index contributed by atoms with van der Waals surface area (Å²) in [5.41, 5.74) is 13.2. The molecule has 188 valence electrons. The zero-order valence-corrected chi connectivity index (χ0v) is 20.5. The lowest BCUT2D eigenvalue weighted by Crippen LogP contribution is -2.32. The summed E-state index contributed by atoms with van der Waals surface area (Å²) in [6.07, 6.45) is 2.39. The Hall–Kier alpha value is -3.10. The second-order valence-electron chi connectivity index (χ2n) is 7.75. The van der Waals surface area contributed by atoms with E-state index < -0.39 is 12.0 Å². The number of carboxylic acid groups (broad SMARTS) is 1. The lowest BCUT2D eigenvalue weighted by atomic mass is 10.1. The SMILES string of the molecule is CCCCOc1cc(C(=O)OCCN(CC)CC)ccc1N.N[C@H](Cc1ccccc1)C(=O)O. The van der Waals surface area contributed by atoms with Crippen LogP contribution in [-0.2, 0) is 16.0 Å². The fourth-order valence-corrected chi connectivity index (χ4v) is 2.96. The zero-order chi connectivity index (χ0) is 25.3. The van der Waals surface area contributed by atoms with Gasteiger partial charge in [-0.2, -0.15) is 0 Å². The van der Waals surface area contributed by atoms with Crippen LogP contribution in [0, 0.1) is 0 Å². The van der Waals surface area contributed by atoms with Crippen molar-refractivity contribution in [1.82, 2.24) is 4.90 Å². The Morgan fingerprint density at radius 3 is 2.29 bits per heavy atom. The molecule has 0 bridgehead atoms. The molecular weight excluding hydrogens is 434 g/mol. The standard InChI is InChI=1S/C17H28N2O3.C9H11NO2/c1-4-7-11-21-16-13-14(8-9-15(16)18)17(20)22-12-10-19(5-2)6-3;10-8(9(11)12)6-7-4-2-1-3-5-7/h8-9,13H,4-7,10-12,18H2,1-3H3;1-5,8H,6,10H2,(H,11,12)/t;8-/m.1/s1. The van der Waals surface area contributed by atoms with Gasteiger partial charge in [-0.3, -0.25) is 4.79 Å². The van der Waals surface area contributed by atoms with Crippen molar-refractivity contribution in [3.05, 3.63) is 59.7 Å². The van der Waals surface area contributed by atoms with E-state index in [2.05, 4.69) is 25.7 Å². The molecule has 0 aliphatic heterocycles. The van der Waals surface area contributed by atoms with Gasteiger partial charge in [0.15, 0.2) is 0 Å². The van der Waals surface area contributed by atoms with E-state index in [4.69, 9.17) is 26.0 Å². The van der Waals surface area contributed by atoms with Crippen LogP contribution in [0.5, 0.6) is 5.75 Å². The van der Waals surface area contributed by atoms with Crippen LogP contribution in [-0.4, -0.2) is 60.8 Å². The minimum Gasteiger partial charge on any atom is -0.491 e. The number of hydrogen-bond donors (Lipinski definition) is 3. The highest BCUT2D eigenvalue weighted by atomic mass is 16.5. The van der Waals surface area contributed by atoms with Crippen LogP contribution in [0.4, 0.5) is 5.69 Å². The van der Waals surface area contributed by atoms with E-state index in [9.17, 15) is 9.59 Å². The molecule has 0 heterocycles. The summed E-state index contributed by atoms with van der Waals surface area (Å²) >= 11 is 0. The van der Waals surface area contributed by atoms with Crippen molar-refractivity contribution in [3.63, 3.8) is 0 Å². The third-order valence-electron chi connectivity index (χ3n) is 5.16. The first kappa shape index (κ1) is 28.9. The lowest BCUT2D eigenvalue weighted by molar-refractivity contribution is -0.138. The third kappa shape index (κ3) is 11.2. The van der Waals surface area contributed by atoms with Crippen molar-refractivity contribution in [3.8, 4) is 5.75 Å². The van der Waals surface area contributed by atoms with E-state index in [1.54, 1.807) is 18.2 Å². The summed E-state index contributed by atoms with van der Waals surface area (Å²) in [5, 5.41) is 8.52. The second kappa shape index (κ2) is 16.5. The number of ether oxygens (including phenoxy) is 2. The number of carboxylic acids is 1. The highest BCUT2D eigenvalue weighted by Gasteiger charge is 2.12. The molecule has 8 heteroatoms. The number of nitrogens with zero attached hydrogens (tertiary/aromatic N) is 1. The summed E-state index contributed by atoms with van der Waals surface area (Å²) in [7, 11) is 0. The number of benzene rings is 2. The maximum atomic E-state index is 12.1. The van der Waals surface area contributed by atoms with Gasteiger partial charge >= 0.3 is 11.9 Å². The Morgan fingerprint density at radius 1 is 1.03 bits per heavy atom. The van der Waals surface area contributed by atoms with Crippen LogP contribution in [0.1, 0.15) is 49.5 Å². The molecule has 34 heavy (non-hydrogen) atoms. The number of esters is 1. The average Bonchev–Trinajstić information content (AvgIpc) is 2.84. The molecule has 0 amide bonds. The number of nitrogens with two attached hydrogens (primary N) is 2. The van der Waals surface area contributed by atoms with E-state index in [0.717, 1.165) is 38.0 Å². The molecule has 0 spiro atoms. The Morgan fingerprint density at radius 2 is 1.71 bits per heavy atom. The number of rotatable bonds is 13. The molecule has 0 saturated carbocycles. The summed E-state index contributed by atoms with van der Waals surface area (Å²) in [6, 6.07) is 13.6. The summed E-state index contributed by atoms with van der Waals surface area (Å²) in [5.74, 6) is -0.752. The van der Waals surface area contributed by atoms with Gasteiger partial charge in [0.2, 0.25) is 0 Å². The third-order valence-corrected chi connectivity index (χ3v) is 5.16. The molecule has 0 aliphatic carbocycles. The van der Waals surface area contributed by atoms with Crippen LogP contribution < -0.4 is 16.2 Å². The fraction of sp³-hybridized carbons (Fsp3) is 0.462. The summed E-state index contributed by atoms with van der Waals surface area (Å²) < 4.78 is 10.9. The molecule has 0 saturated heterocycles. The number of nitrogen functional groups attached to an aromatic ring is 1. The topological polar surface area (TPSA) is 128 Å². The number of unbranched alkanes of at least 4 members (excludes halogenated alkanes) is 1. The number of hydrogen-bond acceptors (Lipinski definition) is 7. The first-order valence-electron chi connectivity index (χ1n) is 11.8. The van der Waals surface area contributed by atoms with Crippen molar-refractivity contribution >= 4 is 17.6 Å². The number of carbonyl (C=O) groups is 2. The molecule has 5 N–H and O–H groups in total. The Balaban J connectivity index is 0.000000404. The predicted octanol–water partition coefficient (Wildman–Crippen LogP) is 3.59. The van der Waals surface area contributed by atoms with Gasteiger partial charge in [0, 0.05) is 6.54 Å². The van der Waals surface area contributed by atoms with Crippen LogP contribution in [0.2, 0.25) is 0 Å². The minimum absolute atomic E-state index is 0.340. The van der Waals surface area contributed by atoms with Crippen molar-refractivity contribution in [1.29, 1.82) is 0 Å². The van der Waals surface area contributed by atoms with Gasteiger partial charge < -0.3 is 30.9 Å². The van der Waals surface area contributed by atoms with Gasteiger partial charge in [-0.25, -0.2) is 4.79 Å². The highest BCUT2D eigenvalue weighted by molar-refractivity contribution is 5.90. The average molecular weight is 474 g/mol. The van der Waals surface area contributed by atoms with Crippen molar-refractivity contribution in [2.45, 2.75) is 46.1 Å². The summed E-state index contributed by atoms with van der Waals surface area (Å²) in [6.45, 7) is 9.90. The molecule has 0 unspecified atom stereocenters. The van der Waals surface area contributed by atoms with Crippen LogP contribution >= 0.6 is 0 Å². The normalized spacial score (nSPS) is 11.3. The van der Waals surface area contributed by atoms with Crippen molar-refractivity contribution < 1.29 is 24.2 Å². The molecule has 2 aromatic rings. The van der Waals surface area contributed by atoms with Crippen molar-refractivity contribution in [2.24, 2.45) is 5.73 Å². The number of likely N-dealkylation sites (N-methyl/N-ethyl adjacent to an activating group) is 1. The fourth-order valence-electron chi connectivity index (χ4n) is 2.96. The van der Waals surface area contributed by atoms with E-state index in [1.165, 1.54) is 0 Å². The van der Waals surface area contributed by atoms with Crippen molar-refractivity contribution in [2.75, 3.05) is 38.6 Å². The molecule has 2 aromatic carbocycles. The van der Waals surface area contributed by atoms with E-state index >= 15 is 0 Å². The first-order valence-corrected chi connectivity index (χ1v) is 11.8. The number of anilines is 1. The monoisotopic (exact) mass is 473 g/mol. The van der Waals surface area contributed by atoms with Crippen LogP contribution in [0.25, 0.3) is 0 Å². The van der Waals surface area contributed by atoms with Crippen LogP contribution in [0.15, 0.2) is 48.5 Å². The van der Waals surface area contributed by atoms with Gasteiger partial charge in [0.25, 0.3) is 0 Å². The quantitative estimate of drug-likeness (QED) is 0.229. The first-order chi connectivity index (χ1) is 16.3. The van der Waals surface area contributed by atoms with E-state index in [1.807, 2.05) is 30.3 Å². The maximum absolute atomic E-state index is 12.1. The van der Waals surface area contributed by atoms with E-state index in [0.29, 0.717) is 36.6 Å². The van der Waals surface area contributed by atoms with Gasteiger partial charge in [-0.1, -0.05) is 57.5 Å². The number of carbonyl (C=O) groups excluding carboxylic acids is 1. The molecule has 8 nitrogen and oxygen atoms in total. The molecule has 1 atom stereocenters. The molecule has 0 aliphatic rings. The molecule has 0 aromatic heterocycles. The van der Waals surface area contributed by atoms with Gasteiger partial charge in [-0.15, -0.1) is 0 Å². The molecule has 2 rings (SSSR count). The lowest BCUT2D eigenvalue weighted by Gasteiger charge is -2.17. The van der Waals surface area contributed by atoms with Gasteiger partial charge in [0.05, 0.1) is 17.9 Å². The maximum Gasteiger partial charge on any atom is 0.338 e. The Labute approximate surface area is 202 Å². The Bertz CT molecular complexity index is 857. The highest BCUT2D eigenvalue weighted by Crippen LogP contribution is 2.23. The second-order valence-corrected chi connectivity index (χ2v) is 7.75. The van der Waals surface area contributed by atoms with E-state index in [-0.39, 0.29) is 5.97 Å². The molecule has 0 radical (unpaired) electrons. The predicted molar refractivity (Wildman–Crippen MR) is 135 cm³/mol. The molecule has 0 fully saturated rings. The number of aliphatic carboxylic acids is 1. The Kier molecular flexibility index (Phi) is 14.0. The van der Waals surface area contributed by atoms with Gasteiger partial charge in [-0.05, 0) is 49.7 Å². The molecular formula is C26H39N3O5. The smallest absolute Gasteiger partial charge is 0.338 e. The largest absolute Gasteiger partial charge is 0.491 e.